The van der Waals surface area contributed by atoms with Crippen molar-refractivity contribution in [2.75, 3.05) is 13.7 Å². The molecule has 0 aliphatic rings. The fourth-order valence-electron chi connectivity index (χ4n) is 1.09. The van der Waals surface area contributed by atoms with Gasteiger partial charge in [0.15, 0.2) is 0 Å². The maximum atomic E-state index is 11.2. The number of aryl methyl sites for hydroxylation is 1. The zero-order chi connectivity index (χ0) is 11.3. The second kappa shape index (κ2) is 5.82. The fraction of sp³-hybridized carbons (Fsp3) is 0.500. The molecule has 0 spiro atoms. The van der Waals surface area contributed by atoms with E-state index in [1.165, 1.54) is 18.9 Å². The zero-order valence-corrected chi connectivity index (χ0v) is 9.67. The Morgan fingerprint density at radius 3 is 2.93 bits per heavy atom. The summed E-state index contributed by atoms with van der Waals surface area (Å²) in [6.45, 7) is 2.24. The Labute approximate surface area is 93.2 Å². The van der Waals surface area contributed by atoms with Crippen LogP contribution in [0.15, 0.2) is 16.7 Å². The molecular weight excluding hydrogens is 214 g/mol. The van der Waals surface area contributed by atoms with Gasteiger partial charge in [0.2, 0.25) is 0 Å². The van der Waals surface area contributed by atoms with Crippen LogP contribution in [0.5, 0.6) is 0 Å². The Morgan fingerprint density at radius 2 is 2.47 bits per heavy atom. The molecular formula is C10H15NO3S. The molecule has 1 rings (SSSR count). The predicted molar refractivity (Wildman–Crippen MR) is 59.6 cm³/mol. The summed E-state index contributed by atoms with van der Waals surface area (Å²) < 4.78 is 9.89. The van der Waals surface area contributed by atoms with Gasteiger partial charge in [-0.25, -0.2) is 0 Å². The van der Waals surface area contributed by atoms with E-state index in [1.54, 1.807) is 6.26 Å². The first kappa shape index (κ1) is 12.1. The summed E-state index contributed by atoms with van der Waals surface area (Å²) in [5.74, 6) is 1.23. The van der Waals surface area contributed by atoms with Crippen molar-refractivity contribution in [3.8, 4) is 0 Å². The van der Waals surface area contributed by atoms with E-state index >= 15 is 0 Å². The highest BCUT2D eigenvalue weighted by atomic mass is 32.2. The molecule has 0 saturated heterocycles. The number of thioether (sulfide) groups is 1. The third-order valence-electron chi connectivity index (χ3n) is 2.06. The molecule has 1 unspecified atom stereocenters. The minimum Gasteiger partial charge on any atom is -0.468 e. The van der Waals surface area contributed by atoms with Crippen LogP contribution in [0.2, 0.25) is 0 Å². The minimum atomic E-state index is -0.320. The highest BCUT2D eigenvalue weighted by molar-refractivity contribution is 7.99. The number of rotatable bonds is 5. The summed E-state index contributed by atoms with van der Waals surface area (Å²) in [7, 11) is 1.36. The second-order valence-electron chi connectivity index (χ2n) is 3.09. The van der Waals surface area contributed by atoms with Crippen molar-refractivity contribution in [2.24, 2.45) is 5.73 Å². The summed E-state index contributed by atoms with van der Waals surface area (Å²) in [5, 5.41) is -0.320. The number of nitrogens with two attached hydrogens (primary N) is 1. The number of furan rings is 1. The average Bonchev–Trinajstić information content (AvgIpc) is 2.65. The number of carbonyl (C=O) groups excluding carboxylic acids is 1. The minimum absolute atomic E-state index is 0.275. The average molecular weight is 229 g/mol. The van der Waals surface area contributed by atoms with Gasteiger partial charge in [0.1, 0.15) is 11.0 Å². The van der Waals surface area contributed by atoms with Crippen LogP contribution in [0.25, 0.3) is 0 Å². The van der Waals surface area contributed by atoms with E-state index in [9.17, 15) is 4.79 Å². The first-order chi connectivity index (χ1) is 7.19. The highest BCUT2D eigenvalue weighted by Gasteiger charge is 2.18. The van der Waals surface area contributed by atoms with Crippen LogP contribution < -0.4 is 5.73 Å². The van der Waals surface area contributed by atoms with E-state index in [2.05, 4.69) is 4.74 Å². The molecule has 1 aromatic rings. The van der Waals surface area contributed by atoms with E-state index < -0.39 is 0 Å². The van der Waals surface area contributed by atoms with Crippen molar-refractivity contribution in [3.63, 3.8) is 0 Å². The van der Waals surface area contributed by atoms with Gasteiger partial charge in [0.25, 0.3) is 0 Å². The van der Waals surface area contributed by atoms with Crippen LogP contribution in [-0.4, -0.2) is 24.9 Å². The van der Waals surface area contributed by atoms with Gasteiger partial charge >= 0.3 is 5.97 Å². The largest absolute Gasteiger partial charge is 0.468 e. The molecule has 0 radical (unpaired) electrons. The van der Waals surface area contributed by atoms with Crippen molar-refractivity contribution in [1.82, 2.24) is 0 Å². The van der Waals surface area contributed by atoms with Gasteiger partial charge < -0.3 is 14.9 Å². The van der Waals surface area contributed by atoms with E-state index in [1.807, 2.05) is 13.0 Å². The van der Waals surface area contributed by atoms with Gasteiger partial charge in [0.05, 0.1) is 19.1 Å². The number of hydrogen-bond acceptors (Lipinski definition) is 5. The van der Waals surface area contributed by atoms with Crippen molar-refractivity contribution < 1.29 is 13.9 Å². The first-order valence-electron chi connectivity index (χ1n) is 4.61. The van der Waals surface area contributed by atoms with E-state index in [4.69, 9.17) is 10.2 Å². The monoisotopic (exact) mass is 229 g/mol. The maximum absolute atomic E-state index is 11.2. The molecule has 0 aromatic carbocycles. The van der Waals surface area contributed by atoms with Crippen molar-refractivity contribution in [1.29, 1.82) is 0 Å². The van der Waals surface area contributed by atoms with Crippen LogP contribution in [0.1, 0.15) is 11.3 Å². The fourth-order valence-corrected chi connectivity index (χ4v) is 2.11. The molecule has 5 heteroatoms. The van der Waals surface area contributed by atoms with E-state index in [0.717, 1.165) is 11.3 Å². The Balaban J connectivity index is 2.48. The van der Waals surface area contributed by atoms with Crippen molar-refractivity contribution >= 4 is 17.7 Å². The standard InChI is InChI=1S/C10H15NO3S/c1-7-3-4-14-8(7)6-15-9(5-11)10(12)13-2/h3-4,9H,5-6,11H2,1-2H3. The normalized spacial score (nSPS) is 12.5. The third kappa shape index (κ3) is 3.28. The smallest absolute Gasteiger partial charge is 0.320 e. The molecule has 0 aliphatic heterocycles. The topological polar surface area (TPSA) is 65.5 Å². The van der Waals surface area contributed by atoms with E-state index in [-0.39, 0.29) is 17.8 Å². The van der Waals surface area contributed by atoms with Crippen LogP contribution in [0.3, 0.4) is 0 Å². The van der Waals surface area contributed by atoms with Gasteiger partial charge in [0, 0.05) is 6.54 Å². The SMILES string of the molecule is COC(=O)C(CN)SCc1occc1C. The lowest BCUT2D eigenvalue weighted by molar-refractivity contribution is -0.139. The van der Waals surface area contributed by atoms with Crippen LogP contribution >= 0.6 is 11.8 Å². The predicted octanol–water partition coefficient (Wildman–Crippen LogP) is 1.32. The van der Waals surface area contributed by atoms with Crippen molar-refractivity contribution in [2.45, 2.75) is 17.9 Å². The maximum Gasteiger partial charge on any atom is 0.320 e. The number of carbonyl (C=O) groups is 1. The first-order valence-corrected chi connectivity index (χ1v) is 5.66. The quantitative estimate of drug-likeness (QED) is 0.771. The number of esters is 1. The Morgan fingerprint density at radius 1 is 1.73 bits per heavy atom. The van der Waals surface area contributed by atoms with Crippen LogP contribution in [0.4, 0.5) is 0 Å². The molecule has 0 aliphatic carbocycles. The Kier molecular flexibility index (Phi) is 4.71. The summed E-state index contributed by atoms with van der Waals surface area (Å²) in [4.78, 5) is 11.2. The molecule has 0 bridgehead atoms. The molecule has 1 heterocycles. The molecule has 0 fully saturated rings. The number of ether oxygens (including phenoxy) is 1. The molecule has 1 atom stereocenters. The van der Waals surface area contributed by atoms with Crippen molar-refractivity contribution in [3.05, 3.63) is 23.7 Å². The van der Waals surface area contributed by atoms with Gasteiger partial charge in [-0.2, -0.15) is 0 Å². The number of hydrogen-bond donors (Lipinski definition) is 1. The summed E-state index contributed by atoms with van der Waals surface area (Å²) >= 11 is 1.43. The Bertz CT molecular complexity index is 324. The molecule has 84 valence electrons. The van der Waals surface area contributed by atoms with Crippen LogP contribution in [-0.2, 0) is 15.3 Å². The highest BCUT2D eigenvalue weighted by Crippen LogP contribution is 2.21. The summed E-state index contributed by atoms with van der Waals surface area (Å²) in [6.07, 6.45) is 1.64. The zero-order valence-electron chi connectivity index (χ0n) is 8.86. The lowest BCUT2D eigenvalue weighted by Crippen LogP contribution is -2.27. The van der Waals surface area contributed by atoms with Gasteiger partial charge in [-0.05, 0) is 18.6 Å². The lowest BCUT2D eigenvalue weighted by Gasteiger charge is -2.10. The number of methoxy groups -OCH3 is 1. The molecule has 4 nitrogen and oxygen atoms in total. The van der Waals surface area contributed by atoms with Crippen LogP contribution in [0, 0.1) is 6.92 Å². The van der Waals surface area contributed by atoms with E-state index in [0.29, 0.717) is 5.75 Å². The second-order valence-corrected chi connectivity index (χ2v) is 4.28. The van der Waals surface area contributed by atoms with Gasteiger partial charge in [-0.15, -0.1) is 11.8 Å². The van der Waals surface area contributed by atoms with Gasteiger partial charge in [-0.3, -0.25) is 4.79 Å². The molecule has 1 aromatic heterocycles. The molecule has 0 saturated carbocycles. The summed E-state index contributed by atoms with van der Waals surface area (Å²) in [5.41, 5.74) is 6.56. The Hall–Kier alpha value is -0.940. The molecule has 2 N–H and O–H groups in total. The van der Waals surface area contributed by atoms with Gasteiger partial charge in [-0.1, -0.05) is 0 Å². The summed E-state index contributed by atoms with van der Waals surface area (Å²) in [6, 6.07) is 1.89. The molecule has 15 heavy (non-hydrogen) atoms. The molecule has 0 amide bonds. The lowest BCUT2D eigenvalue weighted by atomic mass is 10.3. The third-order valence-corrected chi connectivity index (χ3v) is 3.28.